The largest absolute Gasteiger partial charge is 0.548 e. The zero-order valence-corrected chi connectivity index (χ0v) is 9.74. The number of nitrogens with zero attached hydrogens (tertiary/aromatic N) is 3. The minimum Gasteiger partial charge on any atom is -0.548 e. The number of aromatic nitrogens is 2. The summed E-state index contributed by atoms with van der Waals surface area (Å²) in [4.78, 5) is 21.4. The van der Waals surface area contributed by atoms with Gasteiger partial charge in [-0.25, -0.2) is 9.97 Å². The van der Waals surface area contributed by atoms with Crippen molar-refractivity contribution in [3.63, 3.8) is 0 Å². The van der Waals surface area contributed by atoms with Gasteiger partial charge in [0.25, 0.3) is 0 Å². The maximum absolute atomic E-state index is 11.1. The first kappa shape index (κ1) is 11.0. The summed E-state index contributed by atoms with van der Waals surface area (Å²) in [6, 6.07) is 7.03. The van der Waals surface area contributed by atoms with Gasteiger partial charge in [-0.1, -0.05) is 12.1 Å². The summed E-state index contributed by atoms with van der Waals surface area (Å²) in [7, 11) is 0. The molecule has 0 radical (unpaired) electrons. The maximum atomic E-state index is 11.1. The van der Waals surface area contributed by atoms with Crippen LogP contribution in [0.3, 0.4) is 0 Å². The Bertz CT molecular complexity index is 594. The Morgan fingerprint density at radius 3 is 3.00 bits per heavy atom. The molecular formula is C13H12N3O2-. The highest BCUT2D eigenvalue weighted by molar-refractivity contribution is 5.91. The SMILES string of the molecule is O=C([O-])[C@@H]1CCCN1c1ncnc2ccccc12. The molecule has 92 valence electrons. The number of hydrogen-bond acceptors (Lipinski definition) is 5. The Morgan fingerprint density at radius 2 is 2.17 bits per heavy atom. The van der Waals surface area contributed by atoms with Crippen LogP contribution >= 0.6 is 0 Å². The van der Waals surface area contributed by atoms with Crippen molar-refractivity contribution in [2.45, 2.75) is 18.9 Å². The van der Waals surface area contributed by atoms with Crippen LogP contribution in [0.5, 0.6) is 0 Å². The molecule has 0 spiro atoms. The fraction of sp³-hybridized carbons (Fsp3) is 0.308. The van der Waals surface area contributed by atoms with Crippen LogP contribution in [0, 0.1) is 0 Å². The molecule has 0 aliphatic carbocycles. The minimum atomic E-state index is -1.03. The smallest absolute Gasteiger partial charge is 0.140 e. The molecule has 2 heterocycles. The lowest BCUT2D eigenvalue weighted by Gasteiger charge is -2.27. The van der Waals surface area contributed by atoms with Crippen molar-refractivity contribution < 1.29 is 9.90 Å². The predicted octanol–water partition coefficient (Wildman–Crippen LogP) is 0.348. The van der Waals surface area contributed by atoms with Crippen molar-refractivity contribution in [1.82, 2.24) is 9.97 Å². The zero-order chi connectivity index (χ0) is 12.5. The van der Waals surface area contributed by atoms with Gasteiger partial charge in [0, 0.05) is 11.9 Å². The molecule has 1 saturated heterocycles. The van der Waals surface area contributed by atoms with Crippen LogP contribution in [0.1, 0.15) is 12.8 Å². The van der Waals surface area contributed by atoms with Gasteiger partial charge in [-0.3, -0.25) is 0 Å². The van der Waals surface area contributed by atoms with Gasteiger partial charge >= 0.3 is 0 Å². The molecule has 1 aromatic carbocycles. The molecule has 1 aliphatic rings. The lowest BCUT2D eigenvalue weighted by atomic mass is 10.2. The second-order valence-electron chi connectivity index (χ2n) is 4.38. The van der Waals surface area contributed by atoms with Crippen molar-refractivity contribution in [2.75, 3.05) is 11.4 Å². The standard InChI is InChI=1S/C13H13N3O2/c17-13(18)11-6-3-7-16(11)12-9-4-1-2-5-10(9)14-8-15-12/h1-2,4-5,8,11H,3,6-7H2,(H,17,18)/p-1/t11-/m0/s1. The Hall–Kier alpha value is -2.17. The molecule has 1 aliphatic heterocycles. The van der Waals surface area contributed by atoms with Crippen molar-refractivity contribution in [3.05, 3.63) is 30.6 Å². The number of aliphatic carboxylic acids is 1. The highest BCUT2D eigenvalue weighted by Crippen LogP contribution is 2.28. The van der Waals surface area contributed by atoms with Crippen LogP contribution in [0.2, 0.25) is 0 Å². The van der Waals surface area contributed by atoms with E-state index in [0.717, 1.165) is 17.3 Å². The molecule has 0 bridgehead atoms. The molecule has 3 rings (SSSR count). The highest BCUT2D eigenvalue weighted by atomic mass is 16.4. The van der Waals surface area contributed by atoms with Crippen molar-refractivity contribution >= 4 is 22.7 Å². The first-order valence-corrected chi connectivity index (χ1v) is 5.94. The van der Waals surface area contributed by atoms with E-state index in [-0.39, 0.29) is 0 Å². The number of anilines is 1. The molecule has 0 saturated carbocycles. The fourth-order valence-corrected chi connectivity index (χ4v) is 2.48. The van der Waals surface area contributed by atoms with E-state index >= 15 is 0 Å². The van der Waals surface area contributed by atoms with Gasteiger partial charge in [-0.05, 0) is 25.0 Å². The van der Waals surface area contributed by atoms with E-state index in [0.29, 0.717) is 18.8 Å². The van der Waals surface area contributed by atoms with Gasteiger partial charge in [-0.2, -0.15) is 0 Å². The lowest BCUT2D eigenvalue weighted by Crippen LogP contribution is -2.44. The van der Waals surface area contributed by atoms with Gasteiger partial charge in [0.1, 0.15) is 12.1 Å². The lowest BCUT2D eigenvalue weighted by molar-refractivity contribution is -0.307. The normalized spacial score (nSPS) is 19.3. The third-order valence-electron chi connectivity index (χ3n) is 3.32. The van der Waals surface area contributed by atoms with E-state index < -0.39 is 12.0 Å². The molecule has 5 heteroatoms. The summed E-state index contributed by atoms with van der Waals surface area (Å²) in [5.74, 6) is -0.345. The Morgan fingerprint density at radius 1 is 1.33 bits per heavy atom. The molecular weight excluding hydrogens is 230 g/mol. The maximum Gasteiger partial charge on any atom is 0.140 e. The van der Waals surface area contributed by atoms with Gasteiger partial charge in [0.2, 0.25) is 0 Å². The zero-order valence-electron chi connectivity index (χ0n) is 9.74. The number of fused-ring (bicyclic) bond motifs is 1. The molecule has 0 N–H and O–H groups in total. The molecule has 5 nitrogen and oxygen atoms in total. The number of hydrogen-bond donors (Lipinski definition) is 0. The Labute approximate surface area is 104 Å². The molecule has 1 aromatic heterocycles. The topological polar surface area (TPSA) is 69.2 Å². The average molecular weight is 242 g/mol. The van der Waals surface area contributed by atoms with E-state index in [1.54, 1.807) is 4.90 Å². The highest BCUT2D eigenvalue weighted by Gasteiger charge is 2.27. The predicted molar refractivity (Wildman–Crippen MR) is 64.9 cm³/mol. The van der Waals surface area contributed by atoms with Crippen LogP contribution in [0.4, 0.5) is 5.82 Å². The van der Waals surface area contributed by atoms with E-state index in [1.165, 1.54) is 6.33 Å². The van der Waals surface area contributed by atoms with Gasteiger partial charge in [-0.15, -0.1) is 0 Å². The first-order chi connectivity index (χ1) is 8.77. The van der Waals surface area contributed by atoms with Crippen LogP contribution < -0.4 is 10.0 Å². The fourth-order valence-electron chi connectivity index (χ4n) is 2.48. The van der Waals surface area contributed by atoms with Crippen molar-refractivity contribution in [1.29, 1.82) is 0 Å². The number of rotatable bonds is 2. The number of para-hydroxylation sites is 1. The number of carboxylic acids is 1. The molecule has 18 heavy (non-hydrogen) atoms. The molecule has 1 fully saturated rings. The van der Waals surface area contributed by atoms with Gasteiger partial charge in [0.05, 0.1) is 17.5 Å². The molecule has 1 atom stereocenters. The monoisotopic (exact) mass is 242 g/mol. The van der Waals surface area contributed by atoms with Crippen LogP contribution in [0.15, 0.2) is 30.6 Å². The summed E-state index contributed by atoms with van der Waals surface area (Å²) in [5.41, 5.74) is 0.825. The number of benzene rings is 1. The van der Waals surface area contributed by atoms with E-state index in [9.17, 15) is 9.90 Å². The number of carbonyl (C=O) groups is 1. The van der Waals surface area contributed by atoms with E-state index in [2.05, 4.69) is 9.97 Å². The molecule has 0 amide bonds. The third-order valence-corrected chi connectivity index (χ3v) is 3.32. The van der Waals surface area contributed by atoms with E-state index in [1.807, 2.05) is 24.3 Å². The summed E-state index contributed by atoms with van der Waals surface area (Å²) in [6.45, 7) is 0.694. The Kier molecular flexibility index (Phi) is 2.59. The quantitative estimate of drug-likeness (QED) is 0.760. The summed E-state index contributed by atoms with van der Waals surface area (Å²) in [5, 5.41) is 12.0. The molecule has 2 aromatic rings. The molecule has 0 unspecified atom stereocenters. The Balaban J connectivity index is 2.11. The van der Waals surface area contributed by atoms with Crippen molar-refractivity contribution in [3.8, 4) is 0 Å². The number of carbonyl (C=O) groups excluding carboxylic acids is 1. The number of carboxylic acid groups (broad SMARTS) is 1. The van der Waals surface area contributed by atoms with Crippen molar-refractivity contribution in [2.24, 2.45) is 0 Å². The second kappa shape index (κ2) is 4.25. The summed E-state index contributed by atoms with van der Waals surface area (Å²) < 4.78 is 0. The summed E-state index contributed by atoms with van der Waals surface area (Å²) in [6.07, 6.45) is 2.93. The van der Waals surface area contributed by atoms with E-state index in [4.69, 9.17) is 0 Å². The van der Waals surface area contributed by atoms with Gasteiger partial charge in [0.15, 0.2) is 0 Å². The average Bonchev–Trinajstić information content (AvgIpc) is 2.87. The van der Waals surface area contributed by atoms with Gasteiger partial charge < -0.3 is 14.8 Å². The third kappa shape index (κ3) is 1.68. The first-order valence-electron chi connectivity index (χ1n) is 5.94. The van der Waals surface area contributed by atoms with Crippen LogP contribution in [0.25, 0.3) is 10.9 Å². The summed E-state index contributed by atoms with van der Waals surface area (Å²) >= 11 is 0. The second-order valence-corrected chi connectivity index (χ2v) is 4.38. The van der Waals surface area contributed by atoms with Crippen LogP contribution in [-0.4, -0.2) is 28.5 Å². The van der Waals surface area contributed by atoms with Crippen LogP contribution in [-0.2, 0) is 4.79 Å². The minimum absolute atomic E-state index is 0.580.